The van der Waals surface area contributed by atoms with Crippen LogP contribution in [0.25, 0.3) is 10.8 Å². The molecule has 5 rings (SSSR count). The minimum Gasteiger partial charge on any atom is -0.329 e. The number of hydrogen-bond donors (Lipinski definition) is 1. The number of nitrogens with zero attached hydrogens (tertiary/aromatic N) is 1. The van der Waals surface area contributed by atoms with Crippen LogP contribution in [0.1, 0.15) is 29.5 Å². The summed E-state index contributed by atoms with van der Waals surface area (Å²) in [7, 11) is -3.41. The molecule has 3 aromatic carbocycles. The molecule has 0 amide bonds. The topological polar surface area (TPSA) is 41.8 Å². The molecule has 0 bridgehead atoms. The lowest BCUT2D eigenvalue weighted by atomic mass is 9.92. The van der Waals surface area contributed by atoms with Gasteiger partial charge in [0.15, 0.2) is 0 Å². The van der Waals surface area contributed by atoms with Crippen molar-refractivity contribution in [3.8, 4) is 0 Å². The zero-order valence-corrected chi connectivity index (χ0v) is 18.1. The summed E-state index contributed by atoms with van der Waals surface area (Å²) >= 11 is 0. The van der Waals surface area contributed by atoms with Gasteiger partial charge in [0.1, 0.15) is 6.54 Å². The Morgan fingerprint density at radius 2 is 1.57 bits per heavy atom. The maximum Gasteiger partial charge on any atom is 0.243 e. The van der Waals surface area contributed by atoms with Crippen molar-refractivity contribution in [3.05, 3.63) is 77.4 Å². The van der Waals surface area contributed by atoms with Crippen LogP contribution in [-0.2, 0) is 29.4 Å². The summed E-state index contributed by atoms with van der Waals surface area (Å²) < 4.78 is 28.1. The van der Waals surface area contributed by atoms with Crippen molar-refractivity contribution in [3.63, 3.8) is 0 Å². The number of rotatable bonds is 4. The molecular formula is C25H29N2O2S+. The lowest BCUT2D eigenvalue weighted by molar-refractivity contribution is -0.917. The lowest BCUT2D eigenvalue weighted by Gasteiger charge is -2.32. The molecule has 30 heavy (non-hydrogen) atoms. The smallest absolute Gasteiger partial charge is 0.243 e. The molecule has 0 saturated carbocycles. The fourth-order valence-electron chi connectivity index (χ4n) is 4.95. The molecule has 0 unspecified atom stereocenters. The van der Waals surface area contributed by atoms with Crippen LogP contribution in [-0.4, -0.2) is 38.9 Å². The van der Waals surface area contributed by atoms with Crippen molar-refractivity contribution in [1.82, 2.24) is 4.31 Å². The average Bonchev–Trinajstić information content (AvgIpc) is 2.79. The molecule has 5 heteroatoms. The van der Waals surface area contributed by atoms with Crippen LogP contribution in [0.5, 0.6) is 0 Å². The summed E-state index contributed by atoms with van der Waals surface area (Å²) in [4.78, 5) is 1.92. The number of quaternary nitrogens is 1. The molecule has 156 valence electrons. The minimum absolute atomic E-state index is 0.473. The molecule has 1 heterocycles. The fraction of sp³-hybridized carbons (Fsp3) is 0.360. The number of piperazine rings is 1. The van der Waals surface area contributed by atoms with Gasteiger partial charge in [-0.15, -0.1) is 0 Å². The highest BCUT2D eigenvalue weighted by Crippen LogP contribution is 2.26. The first-order valence-electron chi connectivity index (χ1n) is 11.0. The van der Waals surface area contributed by atoms with Gasteiger partial charge in [-0.05, 0) is 59.7 Å². The van der Waals surface area contributed by atoms with Gasteiger partial charge in [0.05, 0.1) is 31.1 Å². The largest absolute Gasteiger partial charge is 0.329 e. The van der Waals surface area contributed by atoms with Gasteiger partial charge < -0.3 is 4.90 Å². The molecule has 0 atom stereocenters. The normalized spacial score (nSPS) is 18.4. The summed E-state index contributed by atoms with van der Waals surface area (Å²) in [6.45, 7) is 3.79. The SMILES string of the molecule is O=S(=O)(c1ccc2c(c1)CCCC2)N1CC[NH+](Cc2cccc3ccccc23)CC1. The van der Waals surface area contributed by atoms with Crippen LogP contribution in [0.3, 0.4) is 0 Å². The number of fused-ring (bicyclic) bond motifs is 2. The fourth-order valence-corrected chi connectivity index (χ4v) is 6.45. The number of benzene rings is 3. The van der Waals surface area contributed by atoms with Gasteiger partial charge in [-0.3, -0.25) is 0 Å². The number of sulfonamides is 1. The van der Waals surface area contributed by atoms with E-state index >= 15 is 0 Å². The average molecular weight is 422 g/mol. The molecule has 1 N–H and O–H groups in total. The van der Waals surface area contributed by atoms with E-state index in [0.29, 0.717) is 18.0 Å². The van der Waals surface area contributed by atoms with E-state index in [1.54, 1.807) is 4.31 Å². The highest BCUT2D eigenvalue weighted by molar-refractivity contribution is 7.89. The summed E-state index contributed by atoms with van der Waals surface area (Å²) in [6, 6.07) is 20.7. The highest BCUT2D eigenvalue weighted by atomic mass is 32.2. The zero-order valence-electron chi connectivity index (χ0n) is 17.3. The Morgan fingerprint density at radius 1 is 0.833 bits per heavy atom. The molecule has 1 aliphatic heterocycles. The third-order valence-corrected chi connectivity index (χ3v) is 8.60. The molecule has 0 radical (unpaired) electrons. The molecule has 2 aliphatic rings. The maximum atomic E-state index is 13.2. The van der Waals surface area contributed by atoms with Crippen LogP contribution < -0.4 is 4.90 Å². The van der Waals surface area contributed by atoms with Gasteiger partial charge in [-0.2, -0.15) is 4.31 Å². The predicted molar refractivity (Wildman–Crippen MR) is 120 cm³/mol. The van der Waals surface area contributed by atoms with Gasteiger partial charge in [-0.25, -0.2) is 8.42 Å². The molecular weight excluding hydrogens is 392 g/mol. The van der Waals surface area contributed by atoms with Crippen LogP contribution in [0, 0.1) is 0 Å². The Balaban J connectivity index is 1.28. The minimum atomic E-state index is -3.41. The molecule has 4 nitrogen and oxygen atoms in total. The van der Waals surface area contributed by atoms with Gasteiger partial charge in [0.2, 0.25) is 10.0 Å². The van der Waals surface area contributed by atoms with Crippen LogP contribution in [0.4, 0.5) is 0 Å². The van der Waals surface area contributed by atoms with Crippen LogP contribution in [0.2, 0.25) is 0 Å². The van der Waals surface area contributed by atoms with E-state index in [0.717, 1.165) is 38.9 Å². The van der Waals surface area contributed by atoms with Gasteiger partial charge in [0.25, 0.3) is 0 Å². The Kier molecular flexibility index (Phi) is 5.35. The van der Waals surface area contributed by atoms with E-state index in [-0.39, 0.29) is 0 Å². The van der Waals surface area contributed by atoms with Crippen LogP contribution in [0.15, 0.2) is 65.6 Å². The summed E-state index contributed by atoms with van der Waals surface area (Å²) in [5.41, 5.74) is 3.89. The van der Waals surface area contributed by atoms with E-state index in [4.69, 9.17) is 0 Å². The van der Waals surface area contributed by atoms with E-state index in [1.165, 1.54) is 38.8 Å². The second kappa shape index (κ2) is 8.14. The Morgan fingerprint density at radius 3 is 2.40 bits per heavy atom. The number of hydrogen-bond acceptors (Lipinski definition) is 2. The van der Waals surface area contributed by atoms with E-state index in [1.807, 2.05) is 18.2 Å². The molecule has 1 saturated heterocycles. The standard InChI is InChI=1S/C25H28N2O2S/c28-30(29,24-13-12-20-6-1-2-8-22(20)18-24)27-16-14-26(15-17-27)19-23-10-5-9-21-7-3-4-11-25(21)23/h3-5,7,9-13,18H,1-2,6,8,14-17,19H2/p+1. The first-order valence-corrected chi connectivity index (χ1v) is 12.5. The third kappa shape index (κ3) is 3.78. The third-order valence-electron chi connectivity index (χ3n) is 6.71. The molecule has 1 fully saturated rings. The van der Waals surface area contributed by atoms with E-state index < -0.39 is 10.0 Å². The Hall–Kier alpha value is -2.21. The van der Waals surface area contributed by atoms with Crippen molar-refractivity contribution < 1.29 is 13.3 Å². The predicted octanol–water partition coefficient (Wildman–Crippen LogP) is 2.81. The molecule has 0 spiro atoms. The van der Waals surface area contributed by atoms with Crippen molar-refractivity contribution in [2.75, 3.05) is 26.2 Å². The van der Waals surface area contributed by atoms with Gasteiger partial charge in [0, 0.05) is 5.56 Å². The van der Waals surface area contributed by atoms with Crippen LogP contribution >= 0.6 is 0 Å². The monoisotopic (exact) mass is 421 g/mol. The Labute approximate surface area is 179 Å². The summed E-state index contributed by atoms with van der Waals surface area (Å²) in [5, 5.41) is 2.57. The second-order valence-corrected chi connectivity index (χ2v) is 10.5. The van der Waals surface area contributed by atoms with Crippen molar-refractivity contribution in [2.45, 2.75) is 37.1 Å². The first-order chi connectivity index (χ1) is 14.6. The Bertz CT molecular complexity index is 1160. The zero-order chi connectivity index (χ0) is 20.6. The van der Waals surface area contributed by atoms with Crippen molar-refractivity contribution in [1.29, 1.82) is 0 Å². The summed E-state index contributed by atoms with van der Waals surface area (Å²) in [5.74, 6) is 0. The quantitative estimate of drug-likeness (QED) is 0.704. The summed E-state index contributed by atoms with van der Waals surface area (Å²) in [6.07, 6.45) is 4.45. The number of nitrogens with one attached hydrogen (secondary N) is 1. The molecule has 1 aliphatic carbocycles. The highest BCUT2D eigenvalue weighted by Gasteiger charge is 2.31. The number of aryl methyl sites for hydroxylation is 2. The molecule has 0 aromatic heterocycles. The maximum absolute atomic E-state index is 13.2. The first kappa shape index (κ1) is 19.7. The van der Waals surface area contributed by atoms with Gasteiger partial charge in [-0.1, -0.05) is 48.5 Å². The molecule has 3 aromatic rings. The van der Waals surface area contributed by atoms with Crippen molar-refractivity contribution in [2.24, 2.45) is 0 Å². The van der Waals surface area contributed by atoms with E-state index in [2.05, 4.69) is 42.5 Å². The van der Waals surface area contributed by atoms with Gasteiger partial charge >= 0.3 is 0 Å². The van der Waals surface area contributed by atoms with E-state index in [9.17, 15) is 8.42 Å². The van der Waals surface area contributed by atoms with Crippen molar-refractivity contribution >= 4 is 20.8 Å². The lowest BCUT2D eigenvalue weighted by Crippen LogP contribution is -3.13. The second-order valence-electron chi connectivity index (χ2n) is 8.61.